The maximum Gasteiger partial charge on any atom is 0.326 e. The maximum absolute atomic E-state index is 12.4. The van der Waals surface area contributed by atoms with Gasteiger partial charge in [0, 0.05) is 6.42 Å². The maximum atomic E-state index is 12.4. The Labute approximate surface area is 121 Å². The minimum absolute atomic E-state index is 0.0680. The van der Waals surface area contributed by atoms with E-state index in [0.29, 0.717) is 18.3 Å². The van der Waals surface area contributed by atoms with Gasteiger partial charge in [-0.25, -0.2) is 4.79 Å². The van der Waals surface area contributed by atoms with Crippen molar-refractivity contribution in [3.8, 4) is 0 Å². The number of nitrogens with zero attached hydrogens (tertiary/aromatic N) is 1. The molecule has 1 aromatic carbocycles. The lowest BCUT2D eigenvalue weighted by atomic mass is 10.0. The molecule has 2 amide bonds. The Morgan fingerprint density at radius 3 is 2.62 bits per heavy atom. The van der Waals surface area contributed by atoms with Crippen LogP contribution in [-0.2, 0) is 9.59 Å². The van der Waals surface area contributed by atoms with Crippen molar-refractivity contribution in [2.45, 2.75) is 32.2 Å². The second kappa shape index (κ2) is 5.87. The molecule has 0 saturated carbocycles. The number of carbonyl (C=O) groups is 4. The van der Waals surface area contributed by atoms with Crippen LogP contribution in [0.4, 0.5) is 0 Å². The van der Waals surface area contributed by atoms with Gasteiger partial charge in [0.05, 0.1) is 11.1 Å². The lowest BCUT2D eigenvalue weighted by Gasteiger charge is -2.22. The number of carboxylic acids is 1. The van der Waals surface area contributed by atoms with Gasteiger partial charge in [0.25, 0.3) is 11.8 Å². The molecule has 2 rings (SSSR count). The molecule has 0 saturated heterocycles. The van der Waals surface area contributed by atoms with Crippen LogP contribution < -0.4 is 0 Å². The van der Waals surface area contributed by atoms with Crippen LogP contribution in [0.5, 0.6) is 0 Å². The quantitative estimate of drug-likeness (QED) is 0.485. The van der Waals surface area contributed by atoms with Crippen LogP contribution in [-0.4, -0.2) is 40.1 Å². The number of aryl methyl sites for hydroxylation is 1. The monoisotopic (exact) mass is 289 g/mol. The third-order valence-corrected chi connectivity index (χ3v) is 3.55. The molecule has 1 aliphatic rings. The Morgan fingerprint density at radius 1 is 1.33 bits per heavy atom. The molecule has 110 valence electrons. The van der Waals surface area contributed by atoms with Crippen LogP contribution in [0.3, 0.4) is 0 Å². The van der Waals surface area contributed by atoms with E-state index in [-0.39, 0.29) is 24.0 Å². The van der Waals surface area contributed by atoms with Crippen molar-refractivity contribution < 1.29 is 24.3 Å². The number of carbonyl (C=O) groups excluding carboxylic acids is 3. The van der Waals surface area contributed by atoms with Crippen molar-refractivity contribution in [3.05, 3.63) is 34.9 Å². The number of hydrogen-bond donors (Lipinski definition) is 1. The molecular formula is C15H15NO5. The number of amides is 2. The summed E-state index contributed by atoms with van der Waals surface area (Å²) in [7, 11) is 0. The summed E-state index contributed by atoms with van der Waals surface area (Å²) in [4.78, 5) is 47.2. The number of unbranched alkanes of at least 4 members (excludes halogenated alkanes) is 1. The Morgan fingerprint density at radius 2 is 2.05 bits per heavy atom. The van der Waals surface area contributed by atoms with Crippen LogP contribution >= 0.6 is 0 Å². The molecule has 0 fully saturated rings. The van der Waals surface area contributed by atoms with Crippen molar-refractivity contribution >= 4 is 24.1 Å². The third kappa shape index (κ3) is 2.56. The third-order valence-electron chi connectivity index (χ3n) is 3.55. The van der Waals surface area contributed by atoms with Gasteiger partial charge in [-0.3, -0.25) is 14.5 Å². The predicted molar refractivity (Wildman–Crippen MR) is 73.0 cm³/mol. The van der Waals surface area contributed by atoms with Crippen molar-refractivity contribution in [2.75, 3.05) is 0 Å². The van der Waals surface area contributed by atoms with Crippen molar-refractivity contribution in [2.24, 2.45) is 0 Å². The average Bonchev–Trinajstić information content (AvgIpc) is 2.69. The highest BCUT2D eigenvalue weighted by Gasteiger charge is 2.43. The highest BCUT2D eigenvalue weighted by molar-refractivity contribution is 6.23. The standard InChI is InChI=1S/C15H15NO5/c1-9-5-4-6-10-12(9)14(19)16(13(10)18)11(15(20)21)7-2-3-8-17/h4-6,8,11H,2-3,7H2,1H3,(H,20,21). The summed E-state index contributed by atoms with van der Waals surface area (Å²) in [5, 5.41) is 9.28. The number of carboxylic acid groups (broad SMARTS) is 1. The van der Waals surface area contributed by atoms with Gasteiger partial charge in [0.15, 0.2) is 0 Å². The molecule has 0 aliphatic carbocycles. The van der Waals surface area contributed by atoms with E-state index < -0.39 is 23.8 Å². The largest absolute Gasteiger partial charge is 0.480 e. The van der Waals surface area contributed by atoms with Gasteiger partial charge >= 0.3 is 5.97 Å². The number of imide groups is 1. The van der Waals surface area contributed by atoms with Crippen LogP contribution in [0.2, 0.25) is 0 Å². The van der Waals surface area contributed by atoms with E-state index in [1.165, 1.54) is 6.07 Å². The summed E-state index contributed by atoms with van der Waals surface area (Å²) < 4.78 is 0. The van der Waals surface area contributed by atoms with Crippen LogP contribution in [0.1, 0.15) is 45.5 Å². The fourth-order valence-electron chi connectivity index (χ4n) is 2.51. The number of aldehydes is 1. The highest BCUT2D eigenvalue weighted by atomic mass is 16.4. The Kier molecular flexibility index (Phi) is 4.16. The van der Waals surface area contributed by atoms with Crippen LogP contribution in [0, 0.1) is 6.92 Å². The highest BCUT2D eigenvalue weighted by Crippen LogP contribution is 2.28. The first-order valence-electron chi connectivity index (χ1n) is 6.63. The van der Waals surface area contributed by atoms with Gasteiger partial charge in [-0.1, -0.05) is 12.1 Å². The number of aliphatic carboxylic acids is 1. The summed E-state index contributed by atoms with van der Waals surface area (Å²) >= 11 is 0. The van der Waals surface area contributed by atoms with E-state index in [2.05, 4.69) is 0 Å². The molecule has 6 heteroatoms. The zero-order valence-corrected chi connectivity index (χ0v) is 11.5. The predicted octanol–water partition coefficient (Wildman–Crippen LogP) is 1.41. The van der Waals surface area contributed by atoms with E-state index in [9.17, 15) is 24.3 Å². The summed E-state index contributed by atoms with van der Waals surface area (Å²) in [6.07, 6.45) is 1.27. The molecule has 21 heavy (non-hydrogen) atoms. The van der Waals surface area contributed by atoms with Gasteiger partial charge < -0.3 is 9.90 Å². The molecule has 6 nitrogen and oxygen atoms in total. The van der Waals surface area contributed by atoms with E-state index in [1.54, 1.807) is 19.1 Å². The first kappa shape index (κ1) is 14.9. The SMILES string of the molecule is Cc1cccc2c1C(=O)N(C(CCCC=O)C(=O)O)C2=O. The van der Waals surface area contributed by atoms with Crippen LogP contribution in [0.15, 0.2) is 18.2 Å². The molecule has 1 aromatic rings. The van der Waals surface area contributed by atoms with E-state index >= 15 is 0 Å². The molecule has 0 radical (unpaired) electrons. The van der Waals surface area contributed by atoms with E-state index in [0.717, 1.165) is 4.90 Å². The van der Waals surface area contributed by atoms with Gasteiger partial charge in [-0.15, -0.1) is 0 Å². The topological polar surface area (TPSA) is 91.8 Å². The summed E-state index contributed by atoms with van der Waals surface area (Å²) in [5.74, 6) is -2.41. The molecule has 0 aromatic heterocycles. The first-order valence-corrected chi connectivity index (χ1v) is 6.63. The molecule has 1 N–H and O–H groups in total. The lowest BCUT2D eigenvalue weighted by Crippen LogP contribution is -2.44. The Hall–Kier alpha value is -2.50. The summed E-state index contributed by atoms with van der Waals surface area (Å²) in [6, 6.07) is 3.64. The molecule has 1 atom stereocenters. The molecule has 1 aliphatic heterocycles. The van der Waals surface area contributed by atoms with E-state index in [4.69, 9.17) is 0 Å². The fourth-order valence-corrected chi connectivity index (χ4v) is 2.51. The van der Waals surface area contributed by atoms with Crippen LogP contribution in [0.25, 0.3) is 0 Å². The van der Waals surface area contributed by atoms with Crippen molar-refractivity contribution in [1.29, 1.82) is 0 Å². The van der Waals surface area contributed by atoms with Crippen molar-refractivity contribution in [3.63, 3.8) is 0 Å². The van der Waals surface area contributed by atoms with Gasteiger partial charge in [-0.2, -0.15) is 0 Å². The minimum Gasteiger partial charge on any atom is -0.480 e. The Balaban J connectivity index is 2.34. The van der Waals surface area contributed by atoms with Gasteiger partial charge in [-0.05, 0) is 31.4 Å². The number of hydrogen-bond acceptors (Lipinski definition) is 4. The molecule has 1 heterocycles. The summed E-state index contributed by atoms with van der Waals surface area (Å²) in [5.41, 5.74) is 1.15. The van der Waals surface area contributed by atoms with Gasteiger partial charge in [0.1, 0.15) is 12.3 Å². The fraction of sp³-hybridized carbons (Fsp3) is 0.333. The number of benzene rings is 1. The van der Waals surface area contributed by atoms with Crippen molar-refractivity contribution in [1.82, 2.24) is 4.90 Å². The minimum atomic E-state index is -1.24. The zero-order chi connectivity index (χ0) is 15.6. The Bertz CT molecular complexity index is 622. The average molecular weight is 289 g/mol. The second-order valence-electron chi connectivity index (χ2n) is 4.93. The summed E-state index contributed by atoms with van der Waals surface area (Å²) in [6.45, 7) is 1.70. The second-order valence-corrected chi connectivity index (χ2v) is 4.93. The molecule has 0 spiro atoms. The smallest absolute Gasteiger partial charge is 0.326 e. The number of rotatable bonds is 6. The molecular weight excluding hydrogens is 274 g/mol. The normalized spacial score (nSPS) is 15.0. The lowest BCUT2D eigenvalue weighted by molar-refractivity contribution is -0.142. The number of fused-ring (bicyclic) bond motifs is 1. The molecule has 0 bridgehead atoms. The van der Waals surface area contributed by atoms with Gasteiger partial charge in [0.2, 0.25) is 0 Å². The first-order chi connectivity index (χ1) is 9.99. The zero-order valence-electron chi connectivity index (χ0n) is 11.5. The van der Waals surface area contributed by atoms with E-state index in [1.807, 2.05) is 0 Å². The molecule has 1 unspecified atom stereocenters.